The molecule has 0 aliphatic heterocycles. The van der Waals surface area contributed by atoms with E-state index in [9.17, 15) is 8.78 Å². The van der Waals surface area contributed by atoms with Gasteiger partial charge in [-0.3, -0.25) is 4.57 Å². The maximum absolute atomic E-state index is 12.6. The van der Waals surface area contributed by atoms with Gasteiger partial charge in [0.25, 0.3) is 0 Å². The van der Waals surface area contributed by atoms with E-state index < -0.39 is 6.55 Å². The maximum atomic E-state index is 12.6. The predicted octanol–water partition coefficient (Wildman–Crippen LogP) is 1.97. The molecule has 0 saturated heterocycles. The Morgan fingerprint density at radius 1 is 1.32 bits per heavy atom. The molecule has 2 aromatic heterocycles. The molecule has 2 heterocycles. The van der Waals surface area contributed by atoms with Crippen molar-refractivity contribution in [1.82, 2.24) is 19.9 Å². The molecule has 102 valence electrons. The number of hydrogen-bond acceptors (Lipinski definition) is 4. The number of rotatable bonds is 6. The van der Waals surface area contributed by atoms with Crippen molar-refractivity contribution in [1.29, 1.82) is 0 Å². The molecule has 0 amide bonds. The first-order chi connectivity index (χ1) is 9.20. The van der Waals surface area contributed by atoms with Crippen molar-refractivity contribution in [2.75, 3.05) is 7.11 Å². The van der Waals surface area contributed by atoms with E-state index in [-0.39, 0.29) is 6.54 Å². The number of halogens is 2. The largest absolute Gasteiger partial charge is 0.481 e. The Bertz CT molecular complexity index is 513. The van der Waals surface area contributed by atoms with E-state index in [1.54, 1.807) is 19.4 Å². The van der Waals surface area contributed by atoms with Crippen LogP contribution in [0.5, 0.6) is 5.88 Å². The summed E-state index contributed by atoms with van der Waals surface area (Å²) in [6, 6.07) is 3.61. The van der Waals surface area contributed by atoms with Gasteiger partial charge in [0.1, 0.15) is 5.82 Å². The van der Waals surface area contributed by atoms with Gasteiger partial charge >= 0.3 is 6.55 Å². The van der Waals surface area contributed by atoms with Gasteiger partial charge in [-0.2, -0.15) is 8.78 Å². The van der Waals surface area contributed by atoms with E-state index in [1.807, 2.05) is 6.07 Å². The molecule has 0 unspecified atom stereocenters. The molecular weight excluding hydrogens is 254 g/mol. The molecule has 7 heteroatoms. The fourth-order valence-corrected chi connectivity index (χ4v) is 1.61. The Labute approximate surface area is 109 Å². The van der Waals surface area contributed by atoms with Crippen LogP contribution in [0.15, 0.2) is 30.7 Å². The van der Waals surface area contributed by atoms with E-state index in [2.05, 4.69) is 15.3 Å². The highest BCUT2D eigenvalue weighted by atomic mass is 19.3. The highest BCUT2D eigenvalue weighted by molar-refractivity contribution is 5.17. The molecule has 0 aromatic carbocycles. The summed E-state index contributed by atoms with van der Waals surface area (Å²) in [5.41, 5.74) is 0.941. The van der Waals surface area contributed by atoms with Crippen LogP contribution in [0.25, 0.3) is 0 Å². The molecular formula is C12H14F2N4O. The summed E-state index contributed by atoms with van der Waals surface area (Å²) < 4.78 is 30.9. The van der Waals surface area contributed by atoms with Crippen molar-refractivity contribution >= 4 is 0 Å². The van der Waals surface area contributed by atoms with Crippen LogP contribution in [0.4, 0.5) is 8.78 Å². The lowest BCUT2D eigenvalue weighted by molar-refractivity contribution is 0.0666. The Morgan fingerprint density at radius 2 is 2.16 bits per heavy atom. The van der Waals surface area contributed by atoms with Crippen molar-refractivity contribution in [2.24, 2.45) is 0 Å². The van der Waals surface area contributed by atoms with Crippen molar-refractivity contribution in [3.05, 3.63) is 42.1 Å². The van der Waals surface area contributed by atoms with Crippen LogP contribution in [0.1, 0.15) is 17.9 Å². The molecule has 0 aliphatic carbocycles. The molecule has 0 saturated carbocycles. The third-order valence-electron chi connectivity index (χ3n) is 2.58. The Hall–Kier alpha value is -2.02. The normalized spacial score (nSPS) is 10.9. The third kappa shape index (κ3) is 3.47. The molecule has 0 aliphatic rings. The minimum Gasteiger partial charge on any atom is -0.481 e. The van der Waals surface area contributed by atoms with Crippen LogP contribution >= 0.6 is 0 Å². The Kier molecular flexibility index (Phi) is 4.40. The van der Waals surface area contributed by atoms with Gasteiger partial charge in [0.2, 0.25) is 5.88 Å². The van der Waals surface area contributed by atoms with Crippen molar-refractivity contribution in [3.8, 4) is 5.88 Å². The highest BCUT2D eigenvalue weighted by Gasteiger charge is 2.10. The van der Waals surface area contributed by atoms with Gasteiger partial charge in [-0.1, -0.05) is 6.07 Å². The molecule has 5 nitrogen and oxygen atoms in total. The van der Waals surface area contributed by atoms with Crippen LogP contribution in [0.3, 0.4) is 0 Å². The van der Waals surface area contributed by atoms with Gasteiger partial charge in [0.15, 0.2) is 0 Å². The zero-order chi connectivity index (χ0) is 13.7. The van der Waals surface area contributed by atoms with Crippen molar-refractivity contribution < 1.29 is 13.5 Å². The minimum atomic E-state index is -2.57. The van der Waals surface area contributed by atoms with Gasteiger partial charge in [0, 0.05) is 31.2 Å². The molecule has 19 heavy (non-hydrogen) atoms. The number of ether oxygens (including phenoxy) is 1. The van der Waals surface area contributed by atoms with Gasteiger partial charge in [-0.15, -0.1) is 0 Å². The highest BCUT2D eigenvalue weighted by Crippen LogP contribution is 2.12. The summed E-state index contributed by atoms with van der Waals surface area (Å²) >= 11 is 0. The van der Waals surface area contributed by atoms with Crippen molar-refractivity contribution in [2.45, 2.75) is 19.6 Å². The van der Waals surface area contributed by atoms with E-state index in [0.29, 0.717) is 18.2 Å². The van der Waals surface area contributed by atoms with E-state index >= 15 is 0 Å². The van der Waals surface area contributed by atoms with E-state index in [0.717, 1.165) is 10.1 Å². The number of alkyl halides is 2. The SMILES string of the molecule is COc1ccc(CNCc2nccn2C(F)F)cn1. The average Bonchev–Trinajstić information content (AvgIpc) is 2.88. The van der Waals surface area contributed by atoms with Gasteiger partial charge in [-0.05, 0) is 5.56 Å². The monoisotopic (exact) mass is 268 g/mol. The smallest absolute Gasteiger partial charge is 0.319 e. The molecule has 0 atom stereocenters. The summed E-state index contributed by atoms with van der Waals surface area (Å²) in [6.07, 6.45) is 4.29. The predicted molar refractivity (Wildman–Crippen MR) is 64.8 cm³/mol. The van der Waals surface area contributed by atoms with Crippen LogP contribution < -0.4 is 10.1 Å². The summed E-state index contributed by atoms with van der Waals surface area (Å²) in [6.45, 7) is -1.78. The van der Waals surface area contributed by atoms with Crippen LogP contribution in [0.2, 0.25) is 0 Å². The second-order valence-corrected chi connectivity index (χ2v) is 3.84. The van der Waals surface area contributed by atoms with Gasteiger partial charge in [-0.25, -0.2) is 9.97 Å². The molecule has 0 spiro atoms. The molecule has 0 fully saturated rings. The van der Waals surface area contributed by atoms with Gasteiger partial charge in [0.05, 0.1) is 13.7 Å². The fourth-order valence-electron chi connectivity index (χ4n) is 1.61. The Balaban J connectivity index is 1.87. The maximum Gasteiger partial charge on any atom is 0.319 e. The Morgan fingerprint density at radius 3 is 2.79 bits per heavy atom. The van der Waals surface area contributed by atoms with Crippen LogP contribution in [0, 0.1) is 0 Å². The first-order valence-electron chi connectivity index (χ1n) is 5.70. The quantitative estimate of drug-likeness (QED) is 0.870. The second-order valence-electron chi connectivity index (χ2n) is 3.84. The lowest BCUT2D eigenvalue weighted by atomic mass is 10.3. The summed E-state index contributed by atoms with van der Waals surface area (Å²) in [5, 5.41) is 3.04. The number of hydrogen-bond donors (Lipinski definition) is 1. The first kappa shape index (κ1) is 13.4. The molecule has 0 bridgehead atoms. The molecule has 2 rings (SSSR count). The molecule has 0 radical (unpaired) electrons. The standard InChI is InChI=1S/C12H14F2N4O/c1-19-11-3-2-9(7-17-11)6-15-8-10-16-4-5-18(10)12(13)14/h2-5,7,12,15H,6,8H2,1H3. The zero-order valence-corrected chi connectivity index (χ0v) is 10.4. The number of pyridine rings is 1. The number of imidazole rings is 1. The van der Waals surface area contributed by atoms with E-state index in [1.165, 1.54) is 12.4 Å². The number of nitrogens with one attached hydrogen (secondary N) is 1. The first-order valence-corrected chi connectivity index (χ1v) is 5.70. The minimum absolute atomic E-state index is 0.267. The topological polar surface area (TPSA) is 52.0 Å². The van der Waals surface area contributed by atoms with Gasteiger partial charge < -0.3 is 10.1 Å². The van der Waals surface area contributed by atoms with Crippen LogP contribution in [-0.4, -0.2) is 21.6 Å². The fraction of sp³-hybridized carbons (Fsp3) is 0.333. The molecule has 2 aromatic rings. The summed E-state index contributed by atoms with van der Waals surface area (Å²) in [5.74, 6) is 0.841. The second kappa shape index (κ2) is 6.24. The van der Waals surface area contributed by atoms with E-state index in [4.69, 9.17) is 4.74 Å². The van der Waals surface area contributed by atoms with Crippen LogP contribution in [-0.2, 0) is 13.1 Å². The summed E-state index contributed by atoms with van der Waals surface area (Å²) in [7, 11) is 1.55. The number of nitrogens with zero attached hydrogens (tertiary/aromatic N) is 3. The van der Waals surface area contributed by atoms with Crippen molar-refractivity contribution in [3.63, 3.8) is 0 Å². The molecule has 1 N–H and O–H groups in total. The third-order valence-corrected chi connectivity index (χ3v) is 2.58. The lowest BCUT2D eigenvalue weighted by Gasteiger charge is -2.08. The lowest BCUT2D eigenvalue weighted by Crippen LogP contribution is -2.17. The average molecular weight is 268 g/mol. The number of methoxy groups -OCH3 is 1. The summed E-state index contributed by atoms with van der Waals surface area (Å²) in [4.78, 5) is 7.94. The number of aromatic nitrogens is 3. The zero-order valence-electron chi connectivity index (χ0n) is 10.4.